The molecule has 48 heavy (non-hydrogen) atoms. The molecular weight excluding hydrogens is 701 g/mol. The fourth-order valence-electron chi connectivity index (χ4n) is 4.16. The molecule has 2 aliphatic heterocycles. The van der Waals surface area contributed by atoms with Gasteiger partial charge in [-0.2, -0.15) is 36.5 Å². The summed E-state index contributed by atoms with van der Waals surface area (Å²) in [5.74, 6) is -1.55. The van der Waals surface area contributed by atoms with Crippen LogP contribution in [0.25, 0.3) is 0 Å². The molecule has 4 heterocycles. The third-order valence-corrected chi connectivity index (χ3v) is 7.52. The zero-order chi connectivity index (χ0) is 36.6. The molecule has 0 aromatic carbocycles. The third kappa shape index (κ3) is 12.3. The normalized spacial score (nSPS) is 15.6. The zero-order valence-corrected chi connectivity index (χ0v) is 28.4. The van der Waals surface area contributed by atoms with Crippen molar-refractivity contribution in [3.05, 3.63) is 32.8 Å². The van der Waals surface area contributed by atoms with Crippen molar-refractivity contribution in [3.63, 3.8) is 0 Å². The highest BCUT2D eigenvalue weighted by Crippen LogP contribution is 2.36. The molecule has 0 spiro atoms. The van der Waals surface area contributed by atoms with E-state index in [1.807, 2.05) is 20.8 Å². The summed E-state index contributed by atoms with van der Waals surface area (Å²) in [6.45, 7) is 13.1. The van der Waals surface area contributed by atoms with Crippen LogP contribution >= 0.6 is 23.2 Å². The molecule has 2 fully saturated rings. The molecule has 0 unspecified atom stereocenters. The first-order valence-corrected chi connectivity index (χ1v) is 15.3. The highest BCUT2D eigenvalue weighted by Gasteiger charge is 2.39. The van der Waals surface area contributed by atoms with Gasteiger partial charge in [-0.05, 0) is 34.6 Å². The number of aliphatic carboxylic acids is 1. The van der Waals surface area contributed by atoms with Gasteiger partial charge in [0, 0.05) is 52.4 Å². The molecule has 2 aliphatic rings. The van der Waals surface area contributed by atoms with Crippen molar-refractivity contribution in [1.29, 1.82) is 0 Å². The number of alkyl halides is 6. The smallest absolute Gasteiger partial charge is 0.436 e. The summed E-state index contributed by atoms with van der Waals surface area (Å²) >= 11 is 11.0. The van der Waals surface area contributed by atoms with Crippen molar-refractivity contribution >= 4 is 41.2 Å². The molecule has 21 heteroatoms. The number of ether oxygens (including phenoxy) is 1. The molecule has 0 radical (unpaired) electrons. The molecule has 3 N–H and O–H groups in total. The van der Waals surface area contributed by atoms with Gasteiger partial charge in [0.05, 0.1) is 21.4 Å². The Labute approximate surface area is 282 Å². The molecule has 0 aliphatic carbocycles. The van der Waals surface area contributed by atoms with Gasteiger partial charge in [0.2, 0.25) is 5.91 Å². The van der Waals surface area contributed by atoms with Crippen LogP contribution in [0.3, 0.4) is 0 Å². The first-order valence-electron chi connectivity index (χ1n) is 14.5. The standard InChI is InChI=1S/C11H14ClF3N4O.C9H18N2O2.C7H6ClF3N2O2/c1-7-9(12)10(11(13,14)15)17-19(7)6-8(20)18-4-2-16-3-5-18;1-9(2,3)13-8(12)11-6-4-10-5-7-11;1-3-5(8)6(7(9,10)11)12-13(3)2-4(14)15/h16H,2-6H2,1H3;10H,4-7H2,1-3H3;2H2,1H3,(H,14,15). The topological polar surface area (TPSA) is 147 Å². The van der Waals surface area contributed by atoms with Crippen LogP contribution < -0.4 is 10.6 Å². The number of halogens is 8. The quantitative estimate of drug-likeness (QED) is 0.395. The molecule has 0 bridgehead atoms. The van der Waals surface area contributed by atoms with E-state index >= 15 is 0 Å². The number of carbonyl (C=O) groups is 3. The van der Waals surface area contributed by atoms with Crippen molar-refractivity contribution in [2.75, 3.05) is 52.4 Å². The highest BCUT2D eigenvalue weighted by molar-refractivity contribution is 6.32. The number of amides is 2. The van der Waals surface area contributed by atoms with Crippen LogP contribution in [0.1, 0.15) is 43.5 Å². The van der Waals surface area contributed by atoms with Crippen molar-refractivity contribution in [2.45, 2.75) is 65.7 Å². The second kappa shape index (κ2) is 16.9. The van der Waals surface area contributed by atoms with Gasteiger partial charge in [-0.25, -0.2) is 4.79 Å². The summed E-state index contributed by atoms with van der Waals surface area (Å²) in [5, 5.41) is 20.2. The lowest BCUT2D eigenvalue weighted by atomic mass is 10.2. The summed E-state index contributed by atoms with van der Waals surface area (Å²) in [6, 6.07) is 0. The maximum absolute atomic E-state index is 12.7. The van der Waals surface area contributed by atoms with E-state index in [0.717, 1.165) is 30.9 Å². The molecule has 4 rings (SSSR count). The average Bonchev–Trinajstić information content (AvgIpc) is 3.43. The number of carboxylic acid groups (broad SMARTS) is 1. The lowest BCUT2D eigenvalue weighted by Gasteiger charge is -2.30. The zero-order valence-electron chi connectivity index (χ0n) is 26.9. The van der Waals surface area contributed by atoms with Crippen LogP contribution in [0, 0.1) is 13.8 Å². The minimum Gasteiger partial charge on any atom is -0.480 e. The van der Waals surface area contributed by atoms with Crippen molar-refractivity contribution in [2.24, 2.45) is 0 Å². The third-order valence-electron chi connectivity index (χ3n) is 6.61. The molecule has 272 valence electrons. The summed E-state index contributed by atoms with van der Waals surface area (Å²) in [7, 11) is 0. The highest BCUT2D eigenvalue weighted by atomic mass is 35.5. The van der Waals surface area contributed by atoms with Gasteiger partial charge in [0.1, 0.15) is 18.7 Å². The van der Waals surface area contributed by atoms with Crippen LogP contribution in [0.5, 0.6) is 0 Å². The number of hydrogen-bond acceptors (Lipinski definition) is 8. The van der Waals surface area contributed by atoms with Gasteiger partial charge in [-0.15, -0.1) is 0 Å². The van der Waals surface area contributed by atoms with E-state index in [1.54, 1.807) is 9.80 Å². The molecule has 2 aromatic heterocycles. The maximum Gasteiger partial charge on any atom is 0.436 e. The number of nitrogens with zero attached hydrogens (tertiary/aromatic N) is 6. The number of hydrogen-bond donors (Lipinski definition) is 3. The summed E-state index contributed by atoms with van der Waals surface area (Å²) < 4.78 is 81.8. The van der Waals surface area contributed by atoms with Gasteiger partial charge in [0.25, 0.3) is 0 Å². The molecule has 0 atom stereocenters. The van der Waals surface area contributed by atoms with Crippen molar-refractivity contribution in [3.8, 4) is 0 Å². The van der Waals surface area contributed by atoms with Crippen LogP contribution in [-0.2, 0) is 39.8 Å². The van der Waals surface area contributed by atoms with Gasteiger partial charge in [-0.3, -0.25) is 19.0 Å². The van der Waals surface area contributed by atoms with E-state index in [4.69, 9.17) is 33.0 Å². The summed E-state index contributed by atoms with van der Waals surface area (Å²) in [6.07, 6.45) is -9.49. The second-order valence-electron chi connectivity index (χ2n) is 11.5. The van der Waals surface area contributed by atoms with Crippen molar-refractivity contribution < 1.29 is 50.6 Å². The monoisotopic (exact) mass is 738 g/mol. The fourth-order valence-corrected chi connectivity index (χ4v) is 4.65. The number of nitrogens with one attached hydrogen (secondary N) is 2. The molecule has 13 nitrogen and oxygen atoms in total. The van der Waals surface area contributed by atoms with Gasteiger partial charge < -0.3 is 30.3 Å². The Morgan fingerprint density at radius 3 is 1.46 bits per heavy atom. The van der Waals surface area contributed by atoms with Crippen LogP contribution in [-0.4, -0.2) is 110 Å². The minimum atomic E-state index is -4.68. The Morgan fingerprint density at radius 1 is 0.750 bits per heavy atom. The number of carbonyl (C=O) groups excluding carboxylic acids is 2. The molecular formula is C27H38Cl2F6N8O5. The average molecular weight is 740 g/mol. The predicted molar refractivity (Wildman–Crippen MR) is 162 cm³/mol. The summed E-state index contributed by atoms with van der Waals surface area (Å²) in [5.41, 5.74) is -2.68. The Balaban J connectivity index is 0.000000257. The first kappa shape index (κ1) is 40.9. The number of rotatable bonds is 4. The lowest BCUT2D eigenvalue weighted by Crippen LogP contribution is -2.48. The van der Waals surface area contributed by atoms with Gasteiger partial charge in [0.15, 0.2) is 11.4 Å². The number of aromatic nitrogens is 4. The first-order chi connectivity index (χ1) is 22.0. The van der Waals surface area contributed by atoms with E-state index in [2.05, 4.69) is 20.8 Å². The van der Waals surface area contributed by atoms with Gasteiger partial charge in [-0.1, -0.05) is 23.2 Å². The molecule has 2 aromatic rings. The van der Waals surface area contributed by atoms with E-state index < -0.39 is 46.3 Å². The minimum absolute atomic E-state index is 0.0219. The van der Waals surface area contributed by atoms with Crippen LogP contribution in [0.2, 0.25) is 10.0 Å². The van der Waals surface area contributed by atoms with Gasteiger partial charge >= 0.3 is 24.4 Å². The Morgan fingerprint density at radius 2 is 1.12 bits per heavy atom. The Bertz CT molecular complexity index is 1410. The van der Waals surface area contributed by atoms with Crippen LogP contribution in [0.4, 0.5) is 31.1 Å². The SMILES string of the molecule is CC(C)(C)OC(=O)N1CCNCC1.Cc1c(Cl)c(C(F)(F)F)nn1CC(=O)N1CCNCC1.Cc1c(Cl)c(C(F)(F)F)nn1CC(=O)O. The molecule has 2 saturated heterocycles. The Kier molecular flexibility index (Phi) is 14.4. The fraction of sp³-hybridized carbons (Fsp3) is 0.667. The predicted octanol–water partition coefficient (Wildman–Crippen LogP) is 4.07. The van der Waals surface area contributed by atoms with Crippen LogP contribution in [0.15, 0.2) is 0 Å². The molecule has 2 amide bonds. The lowest BCUT2D eigenvalue weighted by molar-refractivity contribution is -0.143. The van der Waals surface area contributed by atoms with Crippen molar-refractivity contribution in [1.82, 2.24) is 40.0 Å². The number of piperazine rings is 2. The number of carboxylic acids is 1. The van der Waals surface area contributed by atoms with E-state index in [1.165, 1.54) is 13.8 Å². The van der Waals surface area contributed by atoms with E-state index in [0.29, 0.717) is 30.9 Å². The molecule has 0 saturated carbocycles. The largest absolute Gasteiger partial charge is 0.480 e. The van der Waals surface area contributed by atoms with E-state index in [9.17, 15) is 40.7 Å². The van der Waals surface area contributed by atoms with E-state index in [-0.39, 0.29) is 35.5 Å². The Hall–Kier alpha value is -3.29. The second-order valence-corrected chi connectivity index (χ2v) is 12.3. The maximum atomic E-state index is 12.7. The summed E-state index contributed by atoms with van der Waals surface area (Å²) in [4.78, 5) is 37.1.